The van der Waals surface area contributed by atoms with Crippen LogP contribution in [0.3, 0.4) is 0 Å². The van der Waals surface area contributed by atoms with Crippen LogP contribution in [-0.4, -0.2) is 24.8 Å². The van der Waals surface area contributed by atoms with Crippen LogP contribution >= 0.6 is 0 Å². The fourth-order valence-corrected chi connectivity index (χ4v) is 1.29. The number of hydrogen-bond donors (Lipinski definition) is 2. The molecule has 4 heteroatoms. The molecule has 1 aromatic heterocycles. The lowest BCUT2D eigenvalue weighted by molar-refractivity contribution is 0.388. The van der Waals surface area contributed by atoms with Crippen LogP contribution in [0.4, 0.5) is 0 Å². The Labute approximate surface area is 91.4 Å². The van der Waals surface area contributed by atoms with Gasteiger partial charge in [0.1, 0.15) is 5.76 Å². The SMILES string of the molecule is Cc1cc(CNCCNCC(C)C)no1. The van der Waals surface area contributed by atoms with Crippen LogP contribution in [-0.2, 0) is 6.54 Å². The van der Waals surface area contributed by atoms with Crippen molar-refractivity contribution in [2.75, 3.05) is 19.6 Å². The summed E-state index contributed by atoms with van der Waals surface area (Å²) in [6, 6.07) is 1.95. The molecule has 1 aromatic rings. The third-order valence-electron chi connectivity index (χ3n) is 2.01. The van der Waals surface area contributed by atoms with E-state index in [0.717, 1.165) is 37.6 Å². The van der Waals surface area contributed by atoms with Gasteiger partial charge in [0, 0.05) is 25.7 Å². The highest BCUT2D eigenvalue weighted by atomic mass is 16.5. The van der Waals surface area contributed by atoms with Crippen LogP contribution in [0.5, 0.6) is 0 Å². The molecule has 1 rings (SSSR count). The minimum Gasteiger partial charge on any atom is -0.361 e. The number of rotatable bonds is 7. The van der Waals surface area contributed by atoms with E-state index >= 15 is 0 Å². The Morgan fingerprint density at radius 3 is 2.67 bits per heavy atom. The normalized spacial score (nSPS) is 11.2. The molecule has 0 amide bonds. The van der Waals surface area contributed by atoms with Crippen LogP contribution in [0.1, 0.15) is 25.3 Å². The molecule has 0 aliphatic heterocycles. The molecule has 0 aromatic carbocycles. The molecule has 86 valence electrons. The lowest BCUT2D eigenvalue weighted by Gasteiger charge is -2.07. The molecule has 0 saturated heterocycles. The summed E-state index contributed by atoms with van der Waals surface area (Å²) in [6.07, 6.45) is 0. The first-order chi connectivity index (χ1) is 7.18. The van der Waals surface area contributed by atoms with Crippen molar-refractivity contribution in [3.05, 3.63) is 17.5 Å². The molecule has 0 radical (unpaired) electrons. The Kier molecular flexibility index (Phi) is 5.36. The largest absolute Gasteiger partial charge is 0.361 e. The van der Waals surface area contributed by atoms with Gasteiger partial charge in [-0.25, -0.2) is 0 Å². The highest BCUT2D eigenvalue weighted by Crippen LogP contribution is 1.99. The molecule has 0 bridgehead atoms. The van der Waals surface area contributed by atoms with E-state index in [1.54, 1.807) is 0 Å². The summed E-state index contributed by atoms with van der Waals surface area (Å²) in [7, 11) is 0. The highest BCUT2D eigenvalue weighted by molar-refractivity contribution is 5.02. The molecule has 1 heterocycles. The minimum absolute atomic E-state index is 0.711. The smallest absolute Gasteiger partial charge is 0.133 e. The molecule has 0 aliphatic carbocycles. The summed E-state index contributed by atoms with van der Waals surface area (Å²) in [5.41, 5.74) is 0.969. The molecule has 0 spiro atoms. The summed E-state index contributed by atoms with van der Waals surface area (Å²) in [6.45, 7) is 10.1. The summed E-state index contributed by atoms with van der Waals surface area (Å²) >= 11 is 0. The summed E-state index contributed by atoms with van der Waals surface area (Å²) in [5, 5.41) is 10.6. The molecular formula is C11H21N3O. The van der Waals surface area contributed by atoms with Gasteiger partial charge in [-0.15, -0.1) is 0 Å². The van der Waals surface area contributed by atoms with Gasteiger partial charge in [-0.05, 0) is 19.4 Å². The lowest BCUT2D eigenvalue weighted by Crippen LogP contribution is -2.29. The number of nitrogens with zero attached hydrogens (tertiary/aromatic N) is 1. The zero-order valence-electron chi connectivity index (χ0n) is 9.84. The van der Waals surface area contributed by atoms with Crippen LogP contribution < -0.4 is 10.6 Å². The van der Waals surface area contributed by atoms with Crippen LogP contribution in [0.2, 0.25) is 0 Å². The van der Waals surface area contributed by atoms with Gasteiger partial charge >= 0.3 is 0 Å². The number of hydrogen-bond acceptors (Lipinski definition) is 4. The summed E-state index contributed by atoms with van der Waals surface area (Å²) < 4.78 is 4.97. The molecule has 0 atom stereocenters. The third-order valence-corrected chi connectivity index (χ3v) is 2.01. The van der Waals surface area contributed by atoms with Gasteiger partial charge in [-0.2, -0.15) is 0 Å². The predicted octanol–water partition coefficient (Wildman–Crippen LogP) is 1.32. The standard InChI is InChI=1S/C11H21N3O/c1-9(2)7-12-4-5-13-8-11-6-10(3)15-14-11/h6,9,12-13H,4-5,7-8H2,1-3H3. The Bertz CT molecular complexity index is 271. The molecule has 15 heavy (non-hydrogen) atoms. The maximum atomic E-state index is 4.97. The number of aryl methyl sites for hydroxylation is 1. The first-order valence-corrected chi connectivity index (χ1v) is 5.52. The zero-order valence-corrected chi connectivity index (χ0v) is 9.84. The minimum atomic E-state index is 0.711. The van der Waals surface area contributed by atoms with E-state index in [9.17, 15) is 0 Å². The molecule has 4 nitrogen and oxygen atoms in total. The van der Waals surface area contributed by atoms with E-state index in [2.05, 4.69) is 29.6 Å². The van der Waals surface area contributed by atoms with Gasteiger partial charge in [0.25, 0.3) is 0 Å². The first-order valence-electron chi connectivity index (χ1n) is 5.52. The first kappa shape index (κ1) is 12.2. The second-order valence-electron chi connectivity index (χ2n) is 4.20. The zero-order chi connectivity index (χ0) is 11.1. The van der Waals surface area contributed by atoms with Crippen molar-refractivity contribution in [3.63, 3.8) is 0 Å². The monoisotopic (exact) mass is 211 g/mol. The Morgan fingerprint density at radius 1 is 1.33 bits per heavy atom. The van der Waals surface area contributed by atoms with Gasteiger partial charge in [-0.1, -0.05) is 19.0 Å². The van der Waals surface area contributed by atoms with Gasteiger partial charge < -0.3 is 15.2 Å². The van der Waals surface area contributed by atoms with E-state index in [-0.39, 0.29) is 0 Å². The van der Waals surface area contributed by atoms with Gasteiger partial charge in [0.05, 0.1) is 5.69 Å². The van der Waals surface area contributed by atoms with Crippen molar-refractivity contribution in [1.82, 2.24) is 15.8 Å². The molecule has 0 unspecified atom stereocenters. The second kappa shape index (κ2) is 6.58. The lowest BCUT2D eigenvalue weighted by atomic mass is 10.2. The van der Waals surface area contributed by atoms with Crippen molar-refractivity contribution in [3.8, 4) is 0 Å². The van der Waals surface area contributed by atoms with E-state index < -0.39 is 0 Å². The fraction of sp³-hybridized carbons (Fsp3) is 0.727. The Balaban J connectivity index is 1.98. The van der Waals surface area contributed by atoms with Crippen molar-refractivity contribution >= 4 is 0 Å². The summed E-state index contributed by atoms with van der Waals surface area (Å²) in [5.74, 6) is 1.58. The quantitative estimate of drug-likeness (QED) is 0.668. The van der Waals surface area contributed by atoms with Crippen molar-refractivity contribution in [2.24, 2.45) is 5.92 Å². The summed E-state index contributed by atoms with van der Waals surface area (Å²) in [4.78, 5) is 0. The average Bonchev–Trinajstić information content (AvgIpc) is 2.57. The molecule has 2 N–H and O–H groups in total. The Morgan fingerprint density at radius 2 is 2.07 bits per heavy atom. The van der Waals surface area contributed by atoms with Gasteiger partial charge in [-0.3, -0.25) is 0 Å². The van der Waals surface area contributed by atoms with Gasteiger partial charge in [0.2, 0.25) is 0 Å². The van der Waals surface area contributed by atoms with Crippen molar-refractivity contribution in [2.45, 2.75) is 27.3 Å². The highest BCUT2D eigenvalue weighted by Gasteiger charge is 1.98. The molecule has 0 aliphatic rings. The topological polar surface area (TPSA) is 50.1 Å². The number of aromatic nitrogens is 1. The van der Waals surface area contributed by atoms with Crippen molar-refractivity contribution < 1.29 is 4.52 Å². The van der Waals surface area contributed by atoms with Crippen LogP contribution in [0.25, 0.3) is 0 Å². The molecule has 0 fully saturated rings. The maximum Gasteiger partial charge on any atom is 0.133 e. The van der Waals surface area contributed by atoms with Crippen LogP contribution in [0, 0.1) is 12.8 Å². The third kappa shape index (κ3) is 5.54. The van der Waals surface area contributed by atoms with Crippen LogP contribution in [0.15, 0.2) is 10.6 Å². The molecular weight excluding hydrogens is 190 g/mol. The fourth-order valence-electron chi connectivity index (χ4n) is 1.29. The maximum absolute atomic E-state index is 4.97. The van der Waals surface area contributed by atoms with E-state index in [1.807, 2.05) is 13.0 Å². The van der Waals surface area contributed by atoms with Gasteiger partial charge in [0.15, 0.2) is 0 Å². The number of nitrogens with one attached hydrogen (secondary N) is 2. The predicted molar refractivity (Wildman–Crippen MR) is 60.7 cm³/mol. The van der Waals surface area contributed by atoms with Crippen molar-refractivity contribution in [1.29, 1.82) is 0 Å². The van der Waals surface area contributed by atoms with E-state index in [4.69, 9.17) is 4.52 Å². The van der Waals surface area contributed by atoms with E-state index in [1.165, 1.54) is 0 Å². The Hall–Kier alpha value is -0.870. The average molecular weight is 211 g/mol. The van der Waals surface area contributed by atoms with E-state index in [0.29, 0.717) is 5.92 Å². The second-order valence-corrected chi connectivity index (χ2v) is 4.20. The molecule has 0 saturated carbocycles.